The zero-order valence-corrected chi connectivity index (χ0v) is 21.5. The van der Waals surface area contributed by atoms with Crippen LogP contribution in [0.15, 0.2) is 15.9 Å². The number of hydrogen-bond acceptors (Lipinski definition) is 8. The van der Waals surface area contributed by atoms with Gasteiger partial charge in [-0.2, -0.15) is 17.0 Å². The molecular weight excluding hydrogens is 470 g/mol. The van der Waals surface area contributed by atoms with Gasteiger partial charge in [-0.15, -0.1) is 4.91 Å². The Hall–Kier alpha value is -2.06. The van der Waals surface area contributed by atoms with Crippen LogP contribution in [0.3, 0.4) is 0 Å². The van der Waals surface area contributed by atoms with E-state index in [9.17, 15) is 9.70 Å². The zero-order valence-electron chi connectivity index (χ0n) is 19.8. The Morgan fingerprint density at radius 2 is 1.97 bits per heavy atom. The molecule has 0 amide bonds. The van der Waals surface area contributed by atoms with Crippen LogP contribution >= 0.6 is 23.7 Å². The second-order valence-electron chi connectivity index (χ2n) is 9.71. The van der Waals surface area contributed by atoms with Crippen molar-refractivity contribution in [2.75, 3.05) is 25.9 Å². The van der Waals surface area contributed by atoms with Crippen molar-refractivity contribution in [2.24, 2.45) is 33.2 Å². The largest absolute Gasteiger partial charge is 0.356 e. The molecule has 4 saturated carbocycles. The second kappa shape index (κ2) is 11.1. The van der Waals surface area contributed by atoms with Crippen LogP contribution in [0.25, 0.3) is 0 Å². The molecule has 9 nitrogen and oxygen atoms in total. The van der Waals surface area contributed by atoms with Crippen molar-refractivity contribution in [1.82, 2.24) is 20.2 Å². The number of thioether (sulfide) groups is 1. The first kappa shape index (κ1) is 25.0. The van der Waals surface area contributed by atoms with Crippen molar-refractivity contribution < 1.29 is 4.79 Å². The predicted molar refractivity (Wildman–Crippen MR) is 137 cm³/mol. The maximum Gasteiger partial charge on any atom is 0.233 e. The predicted octanol–water partition coefficient (Wildman–Crippen LogP) is 3.75. The van der Waals surface area contributed by atoms with Gasteiger partial charge in [0.2, 0.25) is 5.91 Å². The summed E-state index contributed by atoms with van der Waals surface area (Å²) in [5, 5.41) is 14.7. The molecule has 1 heterocycles. The number of guanidine groups is 1. The summed E-state index contributed by atoms with van der Waals surface area (Å²) < 4.78 is 4.61. The summed E-state index contributed by atoms with van der Waals surface area (Å²) in [5.74, 6) is 4.56. The number of nitroso groups, excluding NO2 is 1. The lowest BCUT2D eigenvalue weighted by Crippen LogP contribution is -2.56. The Bertz CT molecular complexity index is 943. The Kier molecular flexibility index (Phi) is 8.19. The van der Waals surface area contributed by atoms with Crippen LogP contribution in [0.4, 0.5) is 0 Å². The molecule has 4 fully saturated rings. The monoisotopic (exact) mass is 503 g/mol. The maximum absolute atomic E-state index is 13.4. The molecule has 0 radical (unpaired) electrons. The Balaban J connectivity index is 1.33. The minimum Gasteiger partial charge on any atom is -0.356 e. The fourth-order valence-electron chi connectivity index (χ4n) is 6.44. The lowest BCUT2D eigenvalue weighted by molar-refractivity contribution is -0.0185. The van der Waals surface area contributed by atoms with E-state index in [1.54, 1.807) is 29.7 Å². The van der Waals surface area contributed by atoms with Gasteiger partial charge in [0, 0.05) is 53.7 Å². The van der Waals surface area contributed by atoms with Gasteiger partial charge in [-0.05, 0) is 62.7 Å². The molecule has 0 unspecified atom stereocenters. The van der Waals surface area contributed by atoms with E-state index < -0.39 is 0 Å². The maximum atomic E-state index is 13.4. The number of carbonyl (C=O) groups is 1. The number of nitrogens with one attached hydrogen (secondary N) is 2. The van der Waals surface area contributed by atoms with Crippen molar-refractivity contribution in [3.8, 4) is 6.07 Å². The van der Waals surface area contributed by atoms with E-state index in [0.29, 0.717) is 36.5 Å². The summed E-state index contributed by atoms with van der Waals surface area (Å²) in [6, 6.07) is 2.03. The van der Waals surface area contributed by atoms with Crippen molar-refractivity contribution in [1.29, 1.82) is 5.26 Å². The molecular formula is C23H33N7O2S2. The minimum atomic E-state index is -0.346. The molecule has 1 aromatic heterocycles. The highest BCUT2D eigenvalue weighted by Gasteiger charge is 2.59. The first-order chi connectivity index (χ1) is 16.5. The number of imidazole rings is 1. The molecule has 11 heteroatoms. The fraction of sp³-hybridized carbons (Fsp3) is 0.739. The molecule has 4 bridgehead atoms. The molecule has 0 saturated heterocycles. The van der Waals surface area contributed by atoms with Crippen LogP contribution in [0.5, 0.6) is 0 Å². The molecule has 184 valence electrons. The summed E-state index contributed by atoms with van der Waals surface area (Å²) >= 11 is 2.88. The summed E-state index contributed by atoms with van der Waals surface area (Å²) in [4.78, 5) is 33.4. The van der Waals surface area contributed by atoms with Gasteiger partial charge < -0.3 is 10.6 Å². The molecule has 5 rings (SSSR count). The Morgan fingerprint density at radius 1 is 1.26 bits per heavy atom. The Morgan fingerprint density at radius 3 is 2.59 bits per heavy atom. The van der Waals surface area contributed by atoms with E-state index in [0.717, 1.165) is 66.6 Å². The summed E-state index contributed by atoms with van der Waals surface area (Å²) in [6.07, 6.45) is 7.88. The second-order valence-corrected chi connectivity index (χ2v) is 11.9. The van der Waals surface area contributed by atoms with E-state index >= 15 is 0 Å². The minimum absolute atomic E-state index is 0.0268. The molecule has 4 aliphatic carbocycles. The topological polar surface area (TPSA) is 125 Å². The first-order valence-corrected chi connectivity index (χ1v) is 13.9. The van der Waals surface area contributed by atoms with Crippen molar-refractivity contribution in [3.63, 3.8) is 0 Å². The average molecular weight is 504 g/mol. The molecule has 1 aromatic rings. The highest BCUT2D eigenvalue weighted by Crippen LogP contribution is 2.64. The van der Waals surface area contributed by atoms with E-state index in [-0.39, 0.29) is 17.2 Å². The van der Waals surface area contributed by atoms with Gasteiger partial charge in [0.25, 0.3) is 0 Å². The number of aliphatic imine (C=N–C) groups is 1. The Labute approximate surface area is 209 Å². The summed E-state index contributed by atoms with van der Waals surface area (Å²) in [6.45, 7) is 2.86. The number of aromatic nitrogens is 2. The van der Waals surface area contributed by atoms with Crippen molar-refractivity contribution >= 4 is 35.6 Å². The van der Waals surface area contributed by atoms with Crippen LogP contribution in [0.2, 0.25) is 0 Å². The standard InChI is InChI=1S/C23H33N7O2S2/c1-15-20(13-33-6-5-27-22(25-2)26-4-3-24)28-14-30(15)21(31)12-23(34-29-32)18-8-16-7-17(10-18)11-19(23)9-16/h14,16-19H,4-13H2,1-2H3,(H2,25,26,27). The quantitative estimate of drug-likeness (QED) is 0.124. The lowest BCUT2D eigenvalue weighted by atomic mass is 9.50. The van der Waals surface area contributed by atoms with Crippen molar-refractivity contribution in [3.05, 3.63) is 22.6 Å². The van der Waals surface area contributed by atoms with E-state index in [4.69, 9.17) is 5.26 Å². The van der Waals surface area contributed by atoms with Gasteiger partial charge in [-0.3, -0.25) is 14.4 Å². The van der Waals surface area contributed by atoms with Gasteiger partial charge in [0.15, 0.2) is 5.96 Å². The number of nitriles is 1. The van der Waals surface area contributed by atoms with E-state index in [1.807, 2.05) is 13.0 Å². The molecule has 4 aliphatic rings. The highest BCUT2D eigenvalue weighted by atomic mass is 32.2. The van der Waals surface area contributed by atoms with Crippen LogP contribution in [0, 0.1) is 46.8 Å². The summed E-state index contributed by atoms with van der Waals surface area (Å²) in [7, 11) is 1.67. The molecule has 0 spiro atoms. The molecule has 2 N–H and O–H groups in total. The van der Waals surface area contributed by atoms with E-state index in [1.165, 1.54) is 6.42 Å². The molecule has 0 aliphatic heterocycles. The summed E-state index contributed by atoms with van der Waals surface area (Å²) in [5.41, 5.74) is 1.78. The van der Waals surface area contributed by atoms with Crippen LogP contribution < -0.4 is 10.6 Å². The average Bonchev–Trinajstić information content (AvgIpc) is 3.19. The number of carbonyl (C=O) groups excluding carboxylic acids is 1. The van der Waals surface area contributed by atoms with Gasteiger partial charge in [0.05, 0.1) is 16.5 Å². The third-order valence-corrected chi connectivity index (χ3v) is 10.1. The number of rotatable bonds is 10. The fourth-order valence-corrected chi connectivity index (χ4v) is 8.31. The van der Waals surface area contributed by atoms with Crippen molar-refractivity contribution in [2.45, 2.75) is 55.9 Å². The molecule has 0 atom stereocenters. The van der Waals surface area contributed by atoms with Gasteiger partial charge in [-0.1, -0.05) is 0 Å². The molecule has 0 aromatic carbocycles. The van der Waals surface area contributed by atoms with Gasteiger partial charge >= 0.3 is 0 Å². The SMILES string of the molecule is CN=C(NCC#N)NCCSCc1ncn(C(=O)CC2(SN=O)C3CC4CC(C3)CC2C4)c1C. The number of nitrogens with zero attached hydrogens (tertiary/aromatic N) is 5. The van der Waals surface area contributed by atoms with E-state index in [2.05, 4.69) is 25.2 Å². The third kappa shape index (κ3) is 5.13. The van der Waals surface area contributed by atoms with Crippen LogP contribution in [0.1, 0.15) is 54.7 Å². The van der Waals surface area contributed by atoms with Gasteiger partial charge in [0.1, 0.15) is 12.9 Å². The smallest absolute Gasteiger partial charge is 0.233 e. The zero-order chi connectivity index (χ0) is 24.1. The number of hydrogen-bond donors (Lipinski definition) is 2. The normalized spacial score (nSPS) is 29.6. The lowest BCUT2D eigenvalue weighted by Gasteiger charge is -2.59. The van der Waals surface area contributed by atoms with Crippen LogP contribution in [-0.2, 0) is 5.75 Å². The third-order valence-electron chi connectivity index (χ3n) is 7.87. The highest BCUT2D eigenvalue weighted by molar-refractivity contribution is 7.99. The van der Waals surface area contributed by atoms with Gasteiger partial charge in [-0.25, -0.2) is 4.98 Å². The van der Waals surface area contributed by atoms with Crippen LogP contribution in [-0.4, -0.2) is 52.1 Å². The first-order valence-electron chi connectivity index (χ1n) is 12.0. The molecule has 34 heavy (non-hydrogen) atoms.